The van der Waals surface area contributed by atoms with Gasteiger partial charge >= 0.3 is 6.03 Å². The Morgan fingerprint density at radius 1 is 1.07 bits per heavy atom. The van der Waals surface area contributed by atoms with E-state index < -0.39 is 6.03 Å². The zero-order valence-corrected chi connectivity index (χ0v) is 17.6. The summed E-state index contributed by atoms with van der Waals surface area (Å²) < 4.78 is 6.45. The Hall–Kier alpha value is -3.21. The standard InChI is InChI=1S/C20H18IN5O3/c1-29-17-10-14(19(27)24-11-13-2-5-15(21)6-3-13)4-7-16(17)25-20(28)26-18-12-22-8-9-23-18/h2-10,12H,11H2,1H3,(H,24,27)(H2,23,25,26,28). The van der Waals surface area contributed by atoms with E-state index in [2.05, 4.69) is 48.5 Å². The van der Waals surface area contributed by atoms with Crippen LogP contribution in [0.1, 0.15) is 15.9 Å². The predicted molar refractivity (Wildman–Crippen MR) is 118 cm³/mol. The van der Waals surface area contributed by atoms with Crippen LogP contribution in [0.25, 0.3) is 0 Å². The quantitative estimate of drug-likeness (QED) is 0.446. The molecular formula is C20H18IN5O3. The molecule has 2 aromatic carbocycles. The summed E-state index contributed by atoms with van der Waals surface area (Å²) in [4.78, 5) is 32.4. The number of nitrogens with one attached hydrogen (secondary N) is 3. The van der Waals surface area contributed by atoms with Gasteiger partial charge in [-0.25, -0.2) is 9.78 Å². The van der Waals surface area contributed by atoms with Gasteiger partial charge in [-0.1, -0.05) is 12.1 Å². The monoisotopic (exact) mass is 503 g/mol. The Kier molecular flexibility index (Phi) is 6.95. The van der Waals surface area contributed by atoms with Crippen LogP contribution < -0.4 is 20.7 Å². The van der Waals surface area contributed by atoms with E-state index in [1.807, 2.05) is 24.3 Å². The lowest BCUT2D eigenvalue weighted by atomic mass is 10.1. The van der Waals surface area contributed by atoms with Gasteiger partial charge in [-0.2, -0.15) is 0 Å². The minimum absolute atomic E-state index is 0.239. The third kappa shape index (κ3) is 5.88. The van der Waals surface area contributed by atoms with Gasteiger partial charge in [0.2, 0.25) is 0 Å². The fourth-order valence-electron chi connectivity index (χ4n) is 2.46. The zero-order valence-electron chi connectivity index (χ0n) is 15.5. The smallest absolute Gasteiger partial charge is 0.324 e. The summed E-state index contributed by atoms with van der Waals surface area (Å²) in [5, 5.41) is 8.09. The van der Waals surface area contributed by atoms with Crippen molar-refractivity contribution in [3.8, 4) is 5.75 Å². The summed E-state index contributed by atoms with van der Waals surface area (Å²) in [5.41, 5.74) is 1.85. The molecule has 0 saturated carbocycles. The van der Waals surface area contributed by atoms with Gasteiger partial charge in [0.1, 0.15) is 5.75 Å². The number of methoxy groups -OCH3 is 1. The molecule has 0 spiro atoms. The number of amides is 3. The molecule has 0 saturated heterocycles. The van der Waals surface area contributed by atoms with Crippen molar-refractivity contribution in [2.75, 3.05) is 17.7 Å². The summed E-state index contributed by atoms with van der Waals surface area (Å²) in [6, 6.07) is 12.2. The van der Waals surface area contributed by atoms with Crippen LogP contribution in [0.15, 0.2) is 61.1 Å². The number of hydrogen-bond donors (Lipinski definition) is 3. The molecule has 9 heteroatoms. The molecule has 0 aliphatic carbocycles. The van der Waals surface area contributed by atoms with Crippen molar-refractivity contribution in [2.45, 2.75) is 6.54 Å². The Morgan fingerprint density at radius 3 is 2.55 bits per heavy atom. The second kappa shape index (κ2) is 9.82. The van der Waals surface area contributed by atoms with Crippen LogP contribution in [0.5, 0.6) is 5.75 Å². The van der Waals surface area contributed by atoms with Gasteiger partial charge in [-0.15, -0.1) is 0 Å². The van der Waals surface area contributed by atoms with E-state index in [9.17, 15) is 9.59 Å². The van der Waals surface area contributed by atoms with Crippen LogP contribution in [0.3, 0.4) is 0 Å². The molecule has 0 unspecified atom stereocenters. The predicted octanol–water partition coefficient (Wildman–Crippen LogP) is 3.66. The number of hydrogen-bond acceptors (Lipinski definition) is 5. The highest BCUT2D eigenvalue weighted by Gasteiger charge is 2.13. The number of aromatic nitrogens is 2. The van der Waals surface area contributed by atoms with Gasteiger partial charge < -0.3 is 15.4 Å². The second-order valence-electron chi connectivity index (χ2n) is 5.89. The Balaban J connectivity index is 1.63. The number of urea groups is 1. The van der Waals surface area contributed by atoms with E-state index in [0.29, 0.717) is 29.4 Å². The first kappa shape index (κ1) is 20.5. The first-order valence-electron chi connectivity index (χ1n) is 8.60. The van der Waals surface area contributed by atoms with Crippen molar-refractivity contribution in [2.24, 2.45) is 0 Å². The van der Waals surface area contributed by atoms with Gasteiger partial charge in [0, 0.05) is 28.1 Å². The molecule has 0 aliphatic heterocycles. The minimum atomic E-state index is -0.500. The topological polar surface area (TPSA) is 105 Å². The van der Waals surface area contributed by atoms with E-state index in [4.69, 9.17) is 4.74 Å². The maximum absolute atomic E-state index is 12.4. The molecule has 3 amide bonds. The van der Waals surface area contributed by atoms with Gasteiger partial charge in [0.15, 0.2) is 5.82 Å². The Bertz CT molecular complexity index is 997. The van der Waals surface area contributed by atoms with Gasteiger partial charge in [-0.3, -0.25) is 15.1 Å². The molecule has 0 atom stereocenters. The second-order valence-corrected chi connectivity index (χ2v) is 7.14. The summed E-state index contributed by atoms with van der Waals surface area (Å²) in [7, 11) is 1.47. The van der Waals surface area contributed by atoms with Crippen molar-refractivity contribution >= 4 is 46.0 Å². The molecule has 8 nitrogen and oxygen atoms in total. The molecular weight excluding hydrogens is 485 g/mol. The van der Waals surface area contributed by atoms with Crippen molar-refractivity contribution in [3.05, 3.63) is 75.8 Å². The molecule has 0 aliphatic rings. The third-order valence-electron chi connectivity index (χ3n) is 3.88. The number of nitrogens with zero attached hydrogens (tertiary/aromatic N) is 2. The summed E-state index contributed by atoms with van der Waals surface area (Å²) >= 11 is 2.23. The van der Waals surface area contributed by atoms with Crippen molar-refractivity contribution in [1.29, 1.82) is 0 Å². The lowest BCUT2D eigenvalue weighted by Gasteiger charge is -2.12. The summed E-state index contributed by atoms with van der Waals surface area (Å²) in [6.07, 6.45) is 4.41. The normalized spacial score (nSPS) is 10.1. The summed E-state index contributed by atoms with van der Waals surface area (Å²) in [5.74, 6) is 0.439. The van der Waals surface area contributed by atoms with Gasteiger partial charge in [0.05, 0.1) is 19.0 Å². The lowest BCUT2D eigenvalue weighted by molar-refractivity contribution is 0.0950. The Labute approximate surface area is 181 Å². The summed E-state index contributed by atoms with van der Waals surface area (Å²) in [6.45, 7) is 0.415. The number of ether oxygens (including phenoxy) is 1. The number of carbonyl (C=O) groups is 2. The van der Waals surface area contributed by atoms with E-state index >= 15 is 0 Å². The van der Waals surface area contributed by atoms with Crippen molar-refractivity contribution in [1.82, 2.24) is 15.3 Å². The molecule has 0 fully saturated rings. The van der Waals surface area contributed by atoms with E-state index in [-0.39, 0.29) is 5.91 Å². The van der Waals surface area contributed by atoms with Gasteiger partial charge in [0.25, 0.3) is 5.91 Å². The number of anilines is 2. The highest BCUT2D eigenvalue weighted by molar-refractivity contribution is 14.1. The molecule has 148 valence electrons. The molecule has 3 rings (SSSR count). The SMILES string of the molecule is COc1cc(C(=O)NCc2ccc(I)cc2)ccc1NC(=O)Nc1cnccn1. The molecule has 3 N–H and O–H groups in total. The van der Waals surface area contributed by atoms with E-state index in [0.717, 1.165) is 9.13 Å². The number of halogens is 1. The van der Waals surface area contributed by atoms with Crippen LogP contribution in [-0.2, 0) is 6.54 Å². The maximum atomic E-state index is 12.4. The third-order valence-corrected chi connectivity index (χ3v) is 4.60. The fraction of sp³-hybridized carbons (Fsp3) is 0.100. The number of rotatable bonds is 6. The van der Waals surface area contributed by atoms with Crippen molar-refractivity contribution in [3.63, 3.8) is 0 Å². The minimum Gasteiger partial charge on any atom is -0.495 e. The highest BCUT2D eigenvalue weighted by Crippen LogP contribution is 2.26. The largest absolute Gasteiger partial charge is 0.495 e. The van der Waals surface area contributed by atoms with Gasteiger partial charge in [-0.05, 0) is 58.5 Å². The molecule has 0 radical (unpaired) electrons. The van der Waals surface area contributed by atoms with E-state index in [1.54, 1.807) is 18.2 Å². The van der Waals surface area contributed by atoms with Crippen molar-refractivity contribution < 1.29 is 14.3 Å². The average molecular weight is 503 g/mol. The fourth-order valence-corrected chi connectivity index (χ4v) is 2.82. The van der Waals surface area contributed by atoms with Crippen LogP contribution in [0.2, 0.25) is 0 Å². The first-order chi connectivity index (χ1) is 14.0. The Morgan fingerprint density at radius 2 is 1.86 bits per heavy atom. The molecule has 3 aromatic rings. The molecule has 1 heterocycles. The number of carbonyl (C=O) groups excluding carboxylic acids is 2. The van der Waals surface area contributed by atoms with Crippen LogP contribution in [-0.4, -0.2) is 29.0 Å². The zero-order chi connectivity index (χ0) is 20.6. The van der Waals surface area contributed by atoms with Crippen LogP contribution >= 0.6 is 22.6 Å². The molecule has 0 bridgehead atoms. The highest BCUT2D eigenvalue weighted by atomic mass is 127. The molecule has 1 aromatic heterocycles. The number of benzene rings is 2. The van der Waals surface area contributed by atoms with Crippen LogP contribution in [0, 0.1) is 3.57 Å². The van der Waals surface area contributed by atoms with E-state index in [1.165, 1.54) is 25.7 Å². The average Bonchev–Trinajstić information content (AvgIpc) is 2.74. The first-order valence-corrected chi connectivity index (χ1v) is 9.68. The molecule has 29 heavy (non-hydrogen) atoms. The lowest BCUT2D eigenvalue weighted by Crippen LogP contribution is -2.23. The van der Waals surface area contributed by atoms with Crippen LogP contribution in [0.4, 0.5) is 16.3 Å². The maximum Gasteiger partial charge on any atom is 0.324 e.